The molecule has 1 unspecified atom stereocenters. The minimum absolute atomic E-state index is 0.0900. The van der Waals surface area contributed by atoms with Crippen molar-refractivity contribution in [3.63, 3.8) is 0 Å². The molecule has 1 atom stereocenters. The SMILES string of the molecule is CCOC(=O)CCN(C)C(=O)C1CCN(C)C1. The maximum atomic E-state index is 12.0. The molecule has 0 saturated carbocycles. The van der Waals surface area contributed by atoms with Gasteiger partial charge in [0.05, 0.1) is 18.9 Å². The first kappa shape index (κ1) is 14.0. The zero-order valence-electron chi connectivity index (χ0n) is 10.9. The molecule has 98 valence electrons. The van der Waals surface area contributed by atoms with Crippen molar-refractivity contribution in [2.75, 3.05) is 40.3 Å². The number of carbonyl (C=O) groups is 2. The van der Waals surface area contributed by atoms with E-state index in [2.05, 4.69) is 4.90 Å². The van der Waals surface area contributed by atoms with Crippen LogP contribution in [0.4, 0.5) is 0 Å². The second kappa shape index (κ2) is 6.59. The maximum absolute atomic E-state index is 12.0. The summed E-state index contributed by atoms with van der Waals surface area (Å²) in [5.41, 5.74) is 0. The maximum Gasteiger partial charge on any atom is 0.307 e. The third-order valence-corrected chi connectivity index (χ3v) is 3.07. The minimum Gasteiger partial charge on any atom is -0.466 e. The van der Waals surface area contributed by atoms with Gasteiger partial charge >= 0.3 is 5.97 Å². The molecule has 1 fully saturated rings. The number of esters is 1. The molecule has 17 heavy (non-hydrogen) atoms. The summed E-state index contributed by atoms with van der Waals surface area (Å²) in [6.45, 7) is 4.41. The highest BCUT2D eigenvalue weighted by Crippen LogP contribution is 2.16. The standard InChI is InChI=1S/C12H22N2O3/c1-4-17-11(15)6-8-14(3)12(16)10-5-7-13(2)9-10/h10H,4-9H2,1-3H3. The molecule has 0 aliphatic carbocycles. The second-order valence-electron chi connectivity index (χ2n) is 4.56. The average Bonchev–Trinajstić information content (AvgIpc) is 2.72. The number of ether oxygens (including phenoxy) is 1. The summed E-state index contributed by atoms with van der Waals surface area (Å²) in [5.74, 6) is -0.0125. The van der Waals surface area contributed by atoms with Crippen LogP contribution >= 0.6 is 0 Å². The van der Waals surface area contributed by atoms with Crippen LogP contribution in [0.15, 0.2) is 0 Å². The monoisotopic (exact) mass is 242 g/mol. The Labute approximate surface area is 103 Å². The Hall–Kier alpha value is -1.10. The molecule has 1 aliphatic rings. The predicted octanol–water partition coefficient (Wildman–Crippen LogP) is 0.350. The van der Waals surface area contributed by atoms with E-state index < -0.39 is 0 Å². The third kappa shape index (κ3) is 4.34. The highest BCUT2D eigenvalue weighted by molar-refractivity contribution is 5.79. The van der Waals surface area contributed by atoms with Gasteiger partial charge in [0.25, 0.3) is 0 Å². The van der Waals surface area contributed by atoms with Crippen LogP contribution in [-0.4, -0.2) is 62.0 Å². The van der Waals surface area contributed by atoms with E-state index in [9.17, 15) is 9.59 Å². The number of rotatable bonds is 5. The summed E-state index contributed by atoms with van der Waals surface area (Å²) in [5, 5.41) is 0. The lowest BCUT2D eigenvalue weighted by Gasteiger charge is -2.20. The fraction of sp³-hybridized carbons (Fsp3) is 0.833. The van der Waals surface area contributed by atoms with Crippen molar-refractivity contribution in [1.29, 1.82) is 0 Å². The van der Waals surface area contributed by atoms with Crippen molar-refractivity contribution in [3.05, 3.63) is 0 Å². The van der Waals surface area contributed by atoms with Gasteiger partial charge in [-0.1, -0.05) is 0 Å². The normalized spacial score (nSPS) is 20.3. The fourth-order valence-electron chi connectivity index (χ4n) is 2.05. The molecule has 0 N–H and O–H groups in total. The molecule has 5 heteroatoms. The van der Waals surface area contributed by atoms with Gasteiger partial charge in [-0.25, -0.2) is 0 Å². The van der Waals surface area contributed by atoms with E-state index in [0.29, 0.717) is 13.2 Å². The molecule has 0 spiro atoms. The summed E-state index contributed by atoms with van der Waals surface area (Å²) < 4.78 is 4.83. The smallest absolute Gasteiger partial charge is 0.307 e. The van der Waals surface area contributed by atoms with Gasteiger partial charge in [-0.05, 0) is 26.9 Å². The highest BCUT2D eigenvalue weighted by Gasteiger charge is 2.28. The van der Waals surface area contributed by atoms with E-state index in [1.807, 2.05) is 7.05 Å². The molecule has 1 heterocycles. The van der Waals surface area contributed by atoms with Crippen LogP contribution in [0.25, 0.3) is 0 Å². The quantitative estimate of drug-likeness (QED) is 0.653. The lowest BCUT2D eigenvalue weighted by atomic mass is 10.1. The molecule has 1 amide bonds. The number of carbonyl (C=O) groups excluding carboxylic acids is 2. The first-order chi connectivity index (χ1) is 8.04. The van der Waals surface area contributed by atoms with Gasteiger partial charge in [0.1, 0.15) is 0 Å². The molecule has 0 aromatic carbocycles. The zero-order chi connectivity index (χ0) is 12.8. The van der Waals surface area contributed by atoms with Crippen LogP contribution in [0.3, 0.4) is 0 Å². The van der Waals surface area contributed by atoms with Crippen LogP contribution in [-0.2, 0) is 14.3 Å². The molecule has 0 aromatic heterocycles. The van der Waals surface area contributed by atoms with Crippen molar-refractivity contribution in [1.82, 2.24) is 9.80 Å². The van der Waals surface area contributed by atoms with Crippen LogP contribution in [0.2, 0.25) is 0 Å². The average molecular weight is 242 g/mol. The van der Waals surface area contributed by atoms with Gasteiger partial charge < -0.3 is 14.5 Å². The number of likely N-dealkylation sites (tertiary alicyclic amines) is 1. The zero-order valence-corrected chi connectivity index (χ0v) is 10.9. The first-order valence-electron chi connectivity index (χ1n) is 6.13. The van der Waals surface area contributed by atoms with E-state index in [0.717, 1.165) is 19.5 Å². The molecule has 0 bridgehead atoms. The lowest BCUT2D eigenvalue weighted by molar-refractivity contribution is -0.144. The van der Waals surface area contributed by atoms with Gasteiger partial charge in [0.15, 0.2) is 0 Å². The van der Waals surface area contributed by atoms with Gasteiger partial charge in [0.2, 0.25) is 5.91 Å². The van der Waals surface area contributed by atoms with E-state index >= 15 is 0 Å². The highest BCUT2D eigenvalue weighted by atomic mass is 16.5. The summed E-state index contributed by atoms with van der Waals surface area (Å²) in [6.07, 6.45) is 1.19. The number of nitrogens with zero attached hydrogens (tertiary/aromatic N) is 2. The van der Waals surface area contributed by atoms with E-state index in [1.54, 1.807) is 18.9 Å². The number of amides is 1. The van der Waals surface area contributed by atoms with Crippen molar-refractivity contribution in [2.24, 2.45) is 5.92 Å². The molecule has 0 radical (unpaired) electrons. The van der Waals surface area contributed by atoms with Crippen molar-refractivity contribution in [3.8, 4) is 0 Å². The van der Waals surface area contributed by atoms with Gasteiger partial charge in [-0.2, -0.15) is 0 Å². The molecular weight excluding hydrogens is 220 g/mol. The summed E-state index contributed by atoms with van der Waals surface area (Å²) in [4.78, 5) is 27.0. The van der Waals surface area contributed by atoms with Gasteiger partial charge in [-0.15, -0.1) is 0 Å². The summed E-state index contributed by atoms with van der Waals surface area (Å²) >= 11 is 0. The fourth-order valence-corrected chi connectivity index (χ4v) is 2.05. The second-order valence-corrected chi connectivity index (χ2v) is 4.56. The Morgan fingerprint density at radius 3 is 2.71 bits per heavy atom. The van der Waals surface area contributed by atoms with Crippen LogP contribution in [0, 0.1) is 5.92 Å². The summed E-state index contributed by atoms with van der Waals surface area (Å²) in [7, 11) is 3.77. The Morgan fingerprint density at radius 1 is 1.47 bits per heavy atom. The number of hydrogen-bond acceptors (Lipinski definition) is 4. The van der Waals surface area contributed by atoms with Gasteiger partial charge in [0, 0.05) is 20.1 Å². The predicted molar refractivity (Wildman–Crippen MR) is 64.5 cm³/mol. The Kier molecular flexibility index (Phi) is 5.41. The van der Waals surface area contributed by atoms with Crippen molar-refractivity contribution >= 4 is 11.9 Å². The minimum atomic E-state index is -0.240. The van der Waals surface area contributed by atoms with Crippen LogP contribution in [0.5, 0.6) is 0 Å². The molecule has 1 aliphatic heterocycles. The molecule has 1 saturated heterocycles. The summed E-state index contributed by atoms with van der Waals surface area (Å²) in [6, 6.07) is 0. The van der Waals surface area contributed by atoms with E-state index in [1.165, 1.54) is 0 Å². The molecule has 1 rings (SSSR count). The van der Waals surface area contributed by atoms with Crippen LogP contribution < -0.4 is 0 Å². The van der Waals surface area contributed by atoms with Crippen molar-refractivity contribution in [2.45, 2.75) is 19.8 Å². The van der Waals surface area contributed by atoms with E-state index in [4.69, 9.17) is 4.74 Å². The molecule has 5 nitrogen and oxygen atoms in total. The topological polar surface area (TPSA) is 49.9 Å². The van der Waals surface area contributed by atoms with Crippen LogP contribution in [0.1, 0.15) is 19.8 Å². The number of hydrogen-bond donors (Lipinski definition) is 0. The Bertz CT molecular complexity index is 281. The molecular formula is C12H22N2O3. The first-order valence-corrected chi connectivity index (χ1v) is 6.13. The van der Waals surface area contributed by atoms with E-state index in [-0.39, 0.29) is 24.2 Å². The molecule has 0 aromatic rings. The van der Waals surface area contributed by atoms with Gasteiger partial charge in [-0.3, -0.25) is 9.59 Å². The Morgan fingerprint density at radius 2 is 2.18 bits per heavy atom. The largest absolute Gasteiger partial charge is 0.466 e. The lowest BCUT2D eigenvalue weighted by Crippen LogP contribution is -2.35. The van der Waals surface area contributed by atoms with Crippen molar-refractivity contribution < 1.29 is 14.3 Å². The Balaban J connectivity index is 2.29. The third-order valence-electron chi connectivity index (χ3n) is 3.07.